The number of anilines is 2. The summed E-state index contributed by atoms with van der Waals surface area (Å²) in [5.41, 5.74) is 8.29. The number of aromatic nitrogens is 2. The highest BCUT2D eigenvalue weighted by Gasteiger charge is 2.41. The average molecular weight is 588 g/mol. The van der Waals surface area contributed by atoms with Crippen LogP contribution >= 0.6 is 15.9 Å². The van der Waals surface area contributed by atoms with Crippen molar-refractivity contribution in [2.24, 2.45) is 9.98 Å². The topological polar surface area (TPSA) is 57.8 Å². The van der Waals surface area contributed by atoms with Crippen molar-refractivity contribution >= 4 is 50.5 Å². The smallest absolute Gasteiger partial charge is 0.179 e. The van der Waals surface area contributed by atoms with Crippen LogP contribution in [0, 0.1) is 6.92 Å². The number of aryl methyl sites for hydroxylation is 2. The van der Waals surface area contributed by atoms with Crippen LogP contribution in [0.25, 0.3) is 5.69 Å². The molecule has 3 heterocycles. The lowest BCUT2D eigenvalue weighted by Crippen LogP contribution is -2.46. The van der Waals surface area contributed by atoms with Crippen molar-refractivity contribution in [1.29, 1.82) is 0 Å². The third-order valence-corrected chi connectivity index (χ3v) is 7.92. The van der Waals surface area contributed by atoms with Gasteiger partial charge in [-0.2, -0.15) is 5.10 Å². The molecule has 2 aliphatic rings. The lowest BCUT2D eigenvalue weighted by Gasteiger charge is -2.40. The Bertz CT molecular complexity index is 1790. The molecule has 40 heavy (non-hydrogen) atoms. The van der Waals surface area contributed by atoms with E-state index >= 15 is 0 Å². The quantitative estimate of drug-likeness (QED) is 0.230. The number of para-hydroxylation sites is 3. The van der Waals surface area contributed by atoms with Crippen molar-refractivity contribution in [3.63, 3.8) is 0 Å². The maximum absolute atomic E-state index is 5.31. The Balaban J connectivity index is 1.48. The van der Waals surface area contributed by atoms with Gasteiger partial charge in [-0.05, 0) is 73.0 Å². The van der Waals surface area contributed by atoms with E-state index in [1.54, 1.807) is 0 Å². The van der Waals surface area contributed by atoms with E-state index < -0.39 is 0 Å². The highest BCUT2D eigenvalue weighted by Crippen LogP contribution is 2.48. The number of rotatable bonds is 4. The molecule has 0 radical (unpaired) electrons. The van der Waals surface area contributed by atoms with E-state index in [9.17, 15) is 0 Å². The van der Waals surface area contributed by atoms with Crippen LogP contribution in [-0.2, 0) is 6.42 Å². The van der Waals surface area contributed by atoms with Gasteiger partial charge in [0.05, 0.1) is 28.8 Å². The van der Waals surface area contributed by atoms with Gasteiger partial charge in [-0.1, -0.05) is 77.5 Å². The molecule has 0 fully saturated rings. The summed E-state index contributed by atoms with van der Waals surface area (Å²) in [5.74, 6) is 2.27. The first kappa shape index (κ1) is 24.5. The van der Waals surface area contributed by atoms with E-state index in [1.807, 2.05) is 28.9 Å². The predicted octanol–water partition coefficient (Wildman–Crippen LogP) is 8.30. The Labute approximate surface area is 241 Å². The Morgan fingerprint density at radius 2 is 1.62 bits per heavy atom. The van der Waals surface area contributed by atoms with Gasteiger partial charge >= 0.3 is 0 Å². The van der Waals surface area contributed by atoms with E-state index in [0.717, 1.165) is 62.1 Å². The van der Waals surface area contributed by atoms with Crippen molar-refractivity contribution in [2.75, 3.05) is 10.2 Å². The SMILES string of the molecule is CCc1ccc(NC2=Nc3ccccc3N3C2=Nc2c(c(C)nn2-c2ccccc2)[C@@H]3c2cccc(Br)c2)cc1. The average Bonchev–Trinajstić information content (AvgIpc) is 3.33. The molecule has 0 aliphatic carbocycles. The molecule has 7 rings (SSSR count). The number of nitrogens with zero attached hydrogens (tertiary/aromatic N) is 5. The van der Waals surface area contributed by atoms with Gasteiger partial charge < -0.3 is 10.2 Å². The summed E-state index contributed by atoms with van der Waals surface area (Å²) in [5, 5.41) is 8.60. The van der Waals surface area contributed by atoms with Crippen molar-refractivity contribution in [3.05, 3.63) is 130 Å². The second-order valence-corrected chi connectivity index (χ2v) is 10.9. The van der Waals surface area contributed by atoms with E-state index in [-0.39, 0.29) is 6.04 Å². The third kappa shape index (κ3) is 4.14. The first-order chi connectivity index (χ1) is 19.6. The molecular weight excluding hydrogens is 560 g/mol. The number of aliphatic imine (C=N–C) groups is 2. The molecule has 1 aromatic heterocycles. The molecule has 0 saturated carbocycles. The Morgan fingerprint density at radius 3 is 2.40 bits per heavy atom. The second-order valence-electron chi connectivity index (χ2n) is 9.96. The van der Waals surface area contributed by atoms with Crippen LogP contribution in [-0.4, -0.2) is 21.5 Å². The number of fused-ring (bicyclic) bond motifs is 4. The monoisotopic (exact) mass is 586 g/mol. The summed E-state index contributed by atoms with van der Waals surface area (Å²) in [6.45, 7) is 4.24. The van der Waals surface area contributed by atoms with Gasteiger partial charge in [0.2, 0.25) is 0 Å². The minimum atomic E-state index is -0.159. The van der Waals surface area contributed by atoms with Gasteiger partial charge in [-0.3, -0.25) is 0 Å². The molecule has 196 valence electrons. The first-order valence-electron chi connectivity index (χ1n) is 13.4. The van der Waals surface area contributed by atoms with E-state index in [2.05, 4.69) is 119 Å². The number of nitrogens with one attached hydrogen (secondary N) is 1. The number of amidine groups is 2. The standard InChI is InChI=1S/C33H27BrN6/c1-3-22-16-18-25(19-17-22)35-31-33-37-32-29(21(2)38-40(32)26-12-5-4-6-13-26)30(23-10-9-11-24(34)20-23)39(33)28-15-8-7-14-27(28)36-31/h4-20,30H,3H2,1-2H3,(H,35,36)/t30-/m0/s1. The normalized spacial score (nSPS) is 15.5. The molecule has 6 nitrogen and oxygen atoms in total. The van der Waals surface area contributed by atoms with Crippen molar-refractivity contribution in [3.8, 4) is 5.69 Å². The zero-order valence-electron chi connectivity index (χ0n) is 22.2. The van der Waals surface area contributed by atoms with Gasteiger partial charge in [0, 0.05) is 15.7 Å². The first-order valence-corrected chi connectivity index (χ1v) is 14.2. The molecule has 5 aromatic rings. The maximum Gasteiger partial charge on any atom is 0.179 e. The minimum absolute atomic E-state index is 0.159. The fourth-order valence-electron chi connectivity index (χ4n) is 5.50. The van der Waals surface area contributed by atoms with Gasteiger partial charge in [0.1, 0.15) is 0 Å². The highest BCUT2D eigenvalue weighted by atomic mass is 79.9. The van der Waals surface area contributed by atoms with Crippen LogP contribution < -0.4 is 10.2 Å². The van der Waals surface area contributed by atoms with Crippen LogP contribution in [0.5, 0.6) is 0 Å². The molecule has 7 heteroatoms. The lowest BCUT2D eigenvalue weighted by molar-refractivity contribution is 0.815. The number of hydrogen-bond donors (Lipinski definition) is 1. The van der Waals surface area contributed by atoms with Crippen molar-refractivity contribution in [1.82, 2.24) is 9.78 Å². The number of hydrogen-bond acceptors (Lipinski definition) is 5. The summed E-state index contributed by atoms with van der Waals surface area (Å²) in [6, 6.07) is 35.3. The third-order valence-electron chi connectivity index (χ3n) is 7.43. The van der Waals surface area contributed by atoms with Gasteiger partial charge in [0.15, 0.2) is 17.5 Å². The van der Waals surface area contributed by atoms with Crippen LogP contribution in [0.15, 0.2) is 118 Å². The molecule has 0 spiro atoms. The highest BCUT2D eigenvalue weighted by molar-refractivity contribution is 9.10. The fourth-order valence-corrected chi connectivity index (χ4v) is 5.92. The number of halogens is 1. The molecule has 0 saturated heterocycles. The molecule has 1 N–H and O–H groups in total. The maximum atomic E-state index is 5.31. The van der Waals surface area contributed by atoms with E-state index in [4.69, 9.17) is 15.1 Å². The lowest BCUT2D eigenvalue weighted by atomic mass is 9.93. The Kier molecular flexibility index (Phi) is 6.09. The summed E-state index contributed by atoms with van der Waals surface area (Å²) in [7, 11) is 0. The summed E-state index contributed by atoms with van der Waals surface area (Å²) in [4.78, 5) is 12.7. The fraction of sp³-hybridized carbons (Fsp3) is 0.121. The van der Waals surface area contributed by atoms with Crippen molar-refractivity contribution < 1.29 is 0 Å². The molecule has 0 bridgehead atoms. The molecule has 0 unspecified atom stereocenters. The molecule has 4 aromatic carbocycles. The zero-order valence-corrected chi connectivity index (χ0v) is 23.8. The van der Waals surface area contributed by atoms with E-state index in [1.165, 1.54) is 5.56 Å². The predicted molar refractivity (Wildman–Crippen MR) is 167 cm³/mol. The summed E-state index contributed by atoms with van der Waals surface area (Å²) >= 11 is 3.71. The largest absolute Gasteiger partial charge is 0.337 e. The van der Waals surface area contributed by atoms with E-state index in [0.29, 0.717) is 5.84 Å². The van der Waals surface area contributed by atoms with Crippen LogP contribution in [0.1, 0.15) is 35.3 Å². The summed E-state index contributed by atoms with van der Waals surface area (Å²) < 4.78 is 2.98. The van der Waals surface area contributed by atoms with Gasteiger partial charge in [0.25, 0.3) is 0 Å². The molecule has 0 amide bonds. The van der Waals surface area contributed by atoms with Crippen LogP contribution in [0.3, 0.4) is 0 Å². The minimum Gasteiger partial charge on any atom is -0.337 e. The molecule has 2 aliphatic heterocycles. The molecule has 1 atom stereocenters. The van der Waals surface area contributed by atoms with Crippen LogP contribution in [0.2, 0.25) is 0 Å². The van der Waals surface area contributed by atoms with Crippen molar-refractivity contribution in [2.45, 2.75) is 26.3 Å². The Hall–Kier alpha value is -4.49. The Morgan fingerprint density at radius 1 is 0.850 bits per heavy atom. The van der Waals surface area contributed by atoms with Crippen LogP contribution in [0.4, 0.5) is 22.9 Å². The zero-order chi connectivity index (χ0) is 27.2. The molecular formula is C33H27BrN6. The summed E-state index contributed by atoms with van der Waals surface area (Å²) in [6.07, 6.45) is 0.995. The second kappa shape index (κ2) is 9.92. The number of benzene rings is 4. The van der Waals surface area contributed by atoms with Gasteiger partial charge in [-0.15, -0.1) is 0 Å². The van der Waals surface area contributed by atoms with Gasteiger partial charge in [-0.25, -0.2) is 14.7 Å².